The van der Waals surface area contributed by atoms with Crippen molar-refractivity contribution in [2.24, 2.45) is 7.05 Å². The Morgan fingerprint density at radius 2 is 2.40 bits per heavy atom. The average Bonchev–Trinajstić information content (AvgIpc) is 2.77. The maximum Gasteiger partial charge on any atom is 0.357 e. The minimum atomic E-state index is -1.03. The molecule has 2 rings (SSSR count). The van der Waals surface area contributed by atoms with E-state index in [9.17, 15) is 4.79 Å². The van der Waals surface area contributed by atoms with Gasteiger partial charge in [0.1, 0.15) is 4.60 Å². The Morgan fingerprint density at radius 1 is 1.67 bits per heavy atom. The summed E-state index contributed by atoms with van der Waals surface area (Å²) in [6.45, 7) is 0. The van der Waals surface area contributed by atoms with E-state index in [-0.39, 0.29) is 5.69 Å². The SMILES string of the molecule is Cn1c(-c2cccs2)nc(C(=O)O)c1Br. The molecule has 0 unspecified atom stereocenters. The molecule has 15 heavy (non-hydrogen) atoms. The number of hydrogen-bond acceptors (Lipinski definition) is 3. The van der Waals surface area contributed by atoms with E-state index in [0.29, 0.717) is 10.4 Å². The van der Waals surface area contributed by atoms with E-state index in [2.05, 4.69) is 20.9 Å². The predicted octanol–water partition coefficient (Wildman–Crippen LogP) is 2.61. The van der Waals surface area contributed by atoms with Gasteiger partial charge in [-0.2, -0.15) is 0 Å². The van der Waals surface area contributed by atoms with Crippen molar-refractivity contribution in [1.29, 1.82) is 0 Å². The lowest BCUT2D eigenvalue weighted by atomic mass is 10.4. The van der Waals surface area contributed by atoms with E-state index in [1.807, 2.05) is 17.5 Å². The number of halogens is 1. The van der Waals surface area contributed by atoms with Crippen molar-refractivity contribution in [3.8, 4) is 10.7 Å². The third kappa shape index (κ3) is 1.70. The second-order valence-corrected chi connectivity index (χ2v) is 4.62. The van der Waals surface area contributed by atoms with Gasteiger partial charge < -0.3 is 9.67 Å². The van der Waals surface area contributed by atoms with Crippen LogP contribution in [0, 0.1) is 0 Å². The fourth-order valence-electron chi connectivity index (χ4n) is 1.24. The van der Waals surface area contributed by atoms with E-state index in [4.69, 9.17) is 5.11 Å². The molecule has 0 bridgehead atoms. The van der Waals surface area contributed by atoms with Crippen molar-refractivity contribution in [3.05, 3.63) is 27.8 Å². The first-order valence-corrected chi connectivity index (χ1v) is 5.78. The van der Waals surface area contributed by atoms with E-state index in [1.54, 1.807) is 11.6 Å². The van der Waals surface area contributed by atoms with Gasteiger partial charge in [-0.1, -0.05) is 6.07 Å². The monoisotopic (exact) mass is 286 g/mol. The molecule has 1 N–H and O–H groups in total. The van der Waals surface area contributed by atoms with Crippen molar-refractivity contribution >= 4 is 33.2 Å². The Kier molecular flexibility index (Phi) is 2.62. The molecule has 0 spiro atoms. The van der Waals surface area contributed by atoms with Gasteiger partial charge in [-0.05, 0) is 27.4 Å². The molecule has 0 amide bonds. The molecule has 2 aromatic heterocycles. The number of hydrogen-bond donors (Lipinski definition) is 1. The number of nitrogens with zero attached hydrogens (tertiary/aromatic N) is 2. The molecular formula is C9H7BrN2O2S. The standard InChI is InChI=1S/C9H7BrN2O2S/c1-12-7(10)6(9(13)14)11-8(12)5-3-2-4-15-5/h2-4H,1H3,(H,13,14). The van der Waals surface area contributed by atoms with E-state index in [0.717, 1.165) is 4.88 Å². The van der Waals surface area contributed by atoms with Crippen LogP contribution in [0.5, 0.6) is 0 Å². The van der Waals surface area contributed by atoms with Gasteiger partial charge in [-0.25, -0.2) is 9.78 Å². The second-order valence-electron chi connectivity index (χ2n) is 2.92. The molecule has 4 nitrogen and oxygen atoms in total. The summed E-state index contributed by atoms with van der Waals surface area (Å²) < 4.78 is 2.20. The predicted molar refractivity (Wildman–Crippen MR) is 61.2 cm³/mol. The first-order valence-electron chi connectivity index (χ1n) is 4.10. The smallest absolute Gasteiger partial charge is 0.357 e. The second kappa shape index (κ2) is 3.79. The number of thiophene rings is 1. The molecule has 0 atom stereocenters. The molecule has 0 aliphatic rings. The number of carboxylic acids is 1. The summed E-state index contributed by atoms with van der Waals surface area (Å²) in [6.07, 6.45) is 0. The van der Waals surface area contributed by atoms with Gasteiger partial charge in [0.15, 0.2) is 11.5 Å². The lowest BCUT2D eigenvalue weighted by Gasteiger charge is -1.97. The number of imidazole rings is 1. The van der Waals surface area contributed by atoms with Crippen molar-refractivity contribution in [3.63, 3.8) is 0 Å². The molecule has 6 heteroatoms. The van der Waals surface area contributed by atoms with Crippen LogP contribution in [0.1, 0.15) is 10.5 Å². The topological polar surface area (TPSA) is 55.1 Å². The molecule has 2 aromatic rings. The van der Waals surface area contributed by atoms with Crippen LogP contribution in [-0.2, 0) is 7.05 Å². The van der Waals surface area contributed by atoms with Crippen LogP contribution < -0.4 is 0 Å². The van der Waals surface area contributed by atoms with E-state index in [1.165, 1.54) is 11.3 Å². The van der Waals surface area contributed by atoms with Crippen molar-refractivity contribution < 1.29 is 9.90 Å². The zero-order chi connectivity index (χ0) is 11.0. The molecular weight excluding hydrogens is 280 g/mol. The zero-order valence-corrected chi connectivity index (χ0v) is 10.2. The summed E-state index contributed by atoms with van der Waals surface area (Å²) in [6, 6.07) is 3.81. The minimum absolute atomic E-state index is 0.0425. The number of aromatic nitrogens is 2. The summed E-state index contributed by atoms with van der Waals surface area (Å²) in [4.78, 5) is 15.9. The maximum absolute atomic E-state index is 10.9. The summed E-state index contributed by atoms with van der Waals surface area (Å²) in [7, 11) is 1.78. The minimum Gasteiger partial charge on any atom is -0.476 e. The van der Waals surface area contributed by atoms with Gasteiger partial charge in [-0.15, -0.1) is 11.3 Å². The summed E-state index contributed by atoms with van der Waals surface area (Å²) >= 11 is 4.74. The molecule has 0 radical (unpaired) electrons. The molecule has 0 saturated heterocycles. The summed E-state index contributed by atoms with van der Waals surface area (Å²) in [5, 5.41) is 10.8. The third-order valence-corrected chi connectivity index (χ3v) is 3.74. The van der Waals surface area contributed by atoms with Gasteiger partial charge in [0, 0.05) is 7.05 Å². The molecule has 0 fully saturated rings. The highest BCUT2D eigenvalue weighted by atomic mass is 79.9. The molecule has 0 saturated carbocycles. The van der Waals surface area contributed by atoms with Crippen LogP contribution in [0.4, 0.5) is 0 Å². The fraction of sp³-hybridized carbons (Fsp3) is 0.111. The van der Waals surface area contributed by atoms with Crippen LogP contribution in [0.25, 0.3) is 10.7 Å². The Labute approximate surface area is 98.3 Å². The zero-order valence-electron chi connectivity index (χ0n) is 7.77. The van der Waals surface area contributed by atoms with Gasteiger partial charge in [0.2, 0.25) is 0 Å². The Bertz CT molecular complexity index is 504. The molecule has 2 heterocycles. The molecule has 0 aliphatic carbocycles. The summed E-state index contributed by atoms with van der Waals surface area (Å²) in [5.41, 5.74) is 0.0425. The molecule has 0 aliphatic heterocycles. The number of carbonyl (C=O) groups is 1. The van der Waals surface area contributed by atoms with Gasteiger partial charge in [-0.3, -0.25) is 0 Å². The van der Waals surface area contributed by atoms with Crippen LogP contribution in [0.2, 0.25) is 0 Å². The lowest BCUT2D eigenvalue weighted by Crippen LogP contribution is -1.97. The highest BCUT2D eigenvalue weighted by Crippen LogP contribution is 2.28. The number of rotatable bonds is 2. The highest BCUT2D eigenvalue weighted by Gasteiger charge is 2.19. The van der Waals surface area contributed by atoms with Crippen molar-refractivity contribution in [1.82, 2.24) is 9.55 Å². The third-order valence-electron chi connectivity index (χ3n) is 1.97. The average molecular weight is 287 g/mol. The normalized spacial score (nSPS) is 10.5. The highest BCUT2D eigenvalue weighted by molar-refractivity contribution is 9.10. The van der Waals surface area contributed by atoms with Gasteiger partial charge in [0.25, 0.3) is 0 Å². The van der Waals surface area contributed by atoms with E-state index >= 15 is 0 Å². The first-order chi connectivity index (χ1) is 7.11. The number of aromatic carboxylic acids is 1. The summed E-state index contributed by atoms with van der Waals surface area (Å²) in [5.74, 6) is -0.366. The van der Waals surface area contributed by atoms with Gasteiger partial charge in [0.05, 0.1) is 4.88 Å². The Morgan fingerprint density at radius 3 is 2.87 bits per heavy atom. The molecule has 78 valence electrons. The maximum atomic E-state index is 10.9. The van der Waals surface area contributed by atoms with Crippen LogP contribution in [0.3, 0.4) is 0 Å². The fourth-order valence-corrected chi connectivity index (χ4v) is 2.42. The Hall–Kier alpha value is -1.14. The first kappa shape index (κ1) is 10.4. The van der Waals surface area contributed by atoms with Crippen LogP contribution in [0.15, 0.2) is 22.1 Å². The quantitative estimate of drug-likeness (QED) is 0.923. The van der Waals surface area contributed by atoms with Gasteiger partial charge >= 0.3 is 5.97 Å². The largest absolute Gasteiger partial charge is 0.476 e. The van der Waals surface area contributed by atoms with E-state index < -0.39 is 5.97 Å². The molecule has 0 aromatic carbocycles. The van der Waals surface area contributed by atoms with Crippen molar-refractivity contribution in [2.45, 2.75) is 0 Å². The van der Waals surface area contributed by atoms with Crippen molar-refractivity contribution in [2.75, 3.05) is 0 Å². The van der Waals surface area contributed by atoms with Crippen LogP contribution >= 0.6 is 27.3 Å². The van der Waals surface area contributed by atoms with Crippen LogP contribution in [-0.4, -0.2) is 20.6 Å². The lowest BCUT2D eigenvalue weighted by molar-refractivity contribution is 0.0690. The number of carboxylic acid groups (broad SMARTS) is 1. The Balaban J connectivity index is 2.60.